The number of carbonyl (C=O) groups excluding carboxylic acids is 1. The summed E-state index contributed by atoms with van der Waals surface area (Å²) in [6.07, 6.45) is -4.38. The fourth-order valence-electron chi connectivity index (χ4n) is 4.10. The molecule has 1 saturated heterocycles. The van der Waals surface area contributed by atoms with E-state index < -0.39 is 18.1 Å². The molecule has 0 aliphatic carbocycles. The maximum absolute atomic E-state index is 13.0. The molecule has 1 N–H and O–H groups in total. The molecule has 2 heterocycles. The minimum Gasteiger partial charge on any atom is -0.344 e. The predicted molar refractivity (Wildman–Crippen MR) is 117 cm³/mol. The van der Waals surface area contributed by atoms with E-state index in [-0.39, 0.29) is 18.5 Å². The Labute approximate surface area is 193 Å². The summed E-state index contributed by atoms with van der Waals surface area (Å²) in [6, 6.07) is 15.2. The molecule has 33 heavy (non-hydrogen) atoms. The standard InChI is InChI=1S/C23H22ClF3N4O2/c1-14(21-29-20(30-33-21)16-7-9-17(24)10-8-16)31-12-11-18(15-5-3-2-4-6-15)19(13-31)28-22(32)23(25,26)27/h2-10,14,18-19H,11-13H2,1H3,(H,28,32)/t14?,18-,19-/m1/s1. The summed E-state index contributed by atoms with van der Waals surface area (Å²) in [4.78, 5) is 18.1. The van der Waals surface area contributed by atoms with Gasteiger partial charge in [-0.05, 0) is 49.7 Å². The number of nitrogens with zero attached hydrogens (tertiary/aromatic N) is 3. The van der Waals surface area contributed by atoms with Crippen molar-refractivity contribution in [3.8, 4) is 11.4 Å². The first kappa shape index (κ1) is 23.3. The van der Waals surface area contributed by atoms with Crippen LogP contribution in [0.3, 0.4) is 0 Å². The lowest BCUT2D eigenvalue weighted by atomic mass is 9.84. The second-order valence-electron chi connectivity index (χ2n) is 8.02. The Morgan fingerprint density at radius 2 is 1.88 bits per heavy atom. The van der Waals surface area contributed by atoms with Gasteiger partial charge in [-0.25, -0.2) is 0 Å². The Kier molecular flexibility index (Phi) is 6.71. The Balaban J connectivity index is 1.52. The van der Waals surface area contributed by atoms with Gasteiger partial charge in [0.15, 0.2) is 0 Å². The fourth-order valence-corrected chi connectivity index (χ4v) is 4.23. The summed E-state index contributed by atoms with van der Waals surface area (Å²) in [5, 5.41) is 6.80. The number of aromatic nitrogens is 2. The third-order valence-electron chi connectivity index (χ3n) is 5.90. The highest BCUT2D eigenvalue weighted by Gasteiger charge is 2.43. The van der Waals surface area contributed by atoms with Gasteiger partial charge in [0, 0.05) is 29.1 Å². The van der Waals surface area contributed by atoms with Crippen LogP contribution in [-0.4, -0.2) is 46.3 Å². The minimum absolute atomic E-state index is 0.210. The number of amides is 1. The van der Waals surface area contributed by atoms with E-state index in [1.807, 2.05) is 42.2 Å². The van der Waals surface area contributed by atoms with Gasteiger partial charge >= 0.3 is 12.1 Å². The molecule has 6 nitrogen and oxygen atoms in total. The number of piperidine rings is 1. The van der Waals surface area contributed by atoms with Crippen molar-refractivity contribution in [1.29, 1.82) is 0 Å². The molecule has 1 aliphatic rings. The van der Waals surface area contributed by atoms with E-state index in [0.29, 0.717) is 29.7 Å². The van der Waals surface area contributed by atoms with Crippen LogP contribution in [0.15, 0.2) is 59.1 Å². The normalized spacial score (nSPS) is 20.4. The average molecular weight is 479 g/mol. The number of rotatable bonds is 5. The van der Waals surface area contributed by atoms with Gasteiger partial charge in [0.25, 0.3) is 0 Å². The number of hydrogen-bond donors (Lipinski definition) is 1. The Bertz CT molecular complexity index is 1090. The molecule has 0 radical (unpaired) electrons. The number of alkyl halides is 3. The van der Waals surface area contributed by atoms with Crippen molar-refractivity contribution in [3.63, 3.8) is 0 Å². The summed E-state index contributed by atoms with van der Waals surface area (Å²) in [6.45, 7) is 2.66. The molecule has 3 aromatic rings. The Morgan fingerprint density at radius 3 is 2.55 bits per heavy atom. The molecule has 1 aromatic heterocycles. The smallest absolute Gasteiger partial charge is 0.344 e. The molecule has 174 valence electrons. The van der Waals surface area contributed by atoms with E-state index in [1.54, 1.807) is 24.3 Å². The summed E-state index contributed by atoms with van der Waals surface area (Å²) in [5.41, 5.74) is 1.62. The molecule has 0 bridgehead atoms. The lowest BCUT2D eigenvalue weighted by molar-refractivity contribution is -0.175. The van der Waals surface area contributed by atoms with Gasteiger partial charge in [0.05, 0.1) is 6.04 Å². The third-order valence-corrected chi connectivity index (χ3v) is 6.15. The molecule has 10 heteroatoms. The largest absolute Gasteiger partial charge is 0.471 e. The van der Waals surface area contributed by atoms with Crippen LogP contribution >= 0.6 is 11.6 Å². The van der Waals surface area contributed by atoms with E-state index >= 15 is 0 Å². The molecule has 0 spiro atoms. The zero-order valence-corrected chi connectivity index (χ0v) is 18.5. The first-order valence-electron chi connectivity index (χ1n) is 10.5. The van der Waals surface area contributed by atoms with E-state index in [0.717, 1.165) is 11.1 Å². The highest BCUT2D eigenvalue weighted by molar-refractivity contribution is 6.30. The molecule has 1 unspecified atom stereocenters. The number of likely N-dealkylation sites (tertiary alicyclic amines) is 1. The zero-order chi connectivity index (χ0) is 23.6. The van der Waals surface area contributed by atoms with Crippen molar-refractivity contribution >= 4 is 17.5 Å². The van der Waals surface area contributed by atoms with Crippen molar-refractivity contribution < 1.29 is 22.5 Å². The molecule has 2 aromatic carbocycles. The minimum atomic E-state index is -4.95. The van der Waals surface area contributed by atoms with Crippen LogP contribution in [-0.2, 0) is 4.79 Å². The van der Waals surface area contributed by atoms with Gasteiger partial charge < -0.3 is 9.84 Å². The lowest BCUT2D eigenvalue weighted by Crippen LogP contribution is -2.54. The van der Waals surface area contributed by atoms with Crippen LogP contribution in [0.1, 0.15) is 36.8 Å². The van der Waals surface area contributed by atoms with E-state index in [4.69, 9.17) is 16.1 Å². The summed E-state index contributed by atoms with van der Waals surface area (Å²) >= 11 is 5.92. The number of hydrogen-bond acceptors (Lipinski definition) is 5. The quantitative estimate of drug-likeness (QED) is 0.559. The zero-order valence-electron chi connectivity index (χ0n) is 17.7. The fraction of sp³-hybridized carbons (Fsp3) is 0.348. The Hall–Kier alpha value is -2.91. The summed E-state index contributed by atoms with van der Waals surface area (Å²) in [5.74, 6) is -1.44. The van der Waals surface area contributed by atoms with Crippen molar-refractivity contribution in [2.24, 2.45) is 0 Å². The van der Waals surface area contributed by atoms with Crippen LogP contribution < -0.4 is 5.32 Å². The van der Waals surface area contributed by atoms with Crippen LogP contribution in [0.2, 0.25) is 5.02 Å². The molecule has 1 aliphatic heterocycles. The van der Waals surface area contributed by atoms with Crippen molar-refractivity contribution in [1.82, 2.24) is 20.4 Å². The molecule has 1 amide bonds. The van der Waals surface area contributed by atoms with Crippen LogP contribution in [0.25, 0.3) is 11.4 Å². The maximum Gasteiger partial charge on any atom is 0.471 e. The second kappa shape index (κ2) is 9.52. The molecular weight excluding hydrogens is 457 g/mol. The molecular formula is C23H22ClF3N4O2. The monoisotopic (exact) mass is 478 g/mol. The topological polar surface area (TPSA) is 71.3 Å². The molecule has 3 atom stereocenters. The van der Waals surface area contributed by atoms with Crippen LogP contribution in [0.5, 0.6) is 0 Å². The number of benzene rings is 2. The molecule has 1 fully saturated rings. The van der Waals surface area contributed by atoms with E-state index in [1.165, 1.54) is 0 Å². The Morgan fingerprint density at radius 1 is 1.18 bits per heavy atom. The summed E-state index contributed by atoms with van der Waals surface area (Å²) < 4.78 is 44.4. The van der Waals surface area contributed by atoms with Crippen molar-refractivity contribution in [3.05, 3.63) is 71.1 Å². The lowest BCUT2D eigenvalue weighted by Gasteiger charge is -2.41. The van der Waals surface area contributed by atoms with Gasteiger partial charge in [-0.1, -0.05) is 47.1 Å². The molecule has 4 rings (SSSR count). The third kappa shape index (κ3) is 5.36. The number of carbonyl (C=O) groups is 1. The van der Waals surface area contributed by atoms with Crippen molar-refractivity contribution in [2.75, 3.05) is 13.1 Å². The summed E-state index contributed by atoms with van der Waals surface area (Å²) in [7, 11) is 0. The van der Waals surface area contributed by atoms with Crippen LogP contribution in [0, 0.1) is 0 Å². The first-order chi connectivity index (χ1) is 15.7. The predicted octanol–water partition coefficient (Wildman–Crippen LogP) is 4.99. The molecule has 0 saturated carbocycles. The number of halogens is 4. The van der Waals surface area contributed by atoms with Crippen LogP contribution in [0.4, 0.5) is 13.2 Å². The average Bonchev–Trinajstić information content (AvgIpc) is 3.29. The van der Waals surface area contributed by atoms with Crippen molar-refractivity contribution in [2.45, 2.75) is 37.5 Å². The first-order valence-corrected chi connectivity index (χ1v) is 10.9. The van der Waals surface area contributed by atoms with Gasteiger partial charge in [0.2, 0.25) is 11.7 Å². The number of nitrogens with one attached hydrogen (secondary N) is 1. The highest BCUT2D eigenvalue weighted by atomic mass is 35.5. The van der Waals surface area contributed by atoms with E-state index in [2.05, 4.69) is 15.5 Å². The van der Waals surface area contributed by atoms with Gasteiger partial charge in [0.1, 0.15) is 0 Å². The highest BCUT2D eigenvalue weighted by Crippen LogP contribution is 2.33. The van der Waals surface area contributed by atoms with Gasteiger partial charge in [-0.15, -0.1) is 0 Å². The van der Waals surface area contributed by atoms with E-state index in [9.17, 15) is 18.0 Å². The second-order valence-corrected chi connectivity index (χ2v) is 8.45. The maximum atomic E-state index is 13.0. The van der Waals surface area contributed by atoms with Gasteiger partial charge in [-0.3, -0.25) is 9.69 Å². The SMILES string of the molecule is CC(c1nc(-c2ccc(Cl)cc2)no1)N1CC[C@H](c2ccccc2)[C@H](NC(=O)C(F)(F)F)C1. The van der Waals surface area contributed by atoms with Gasteiger partial charge in [-0.2, -0.15) is 18.2 Å².